The standard InChI is InChI=1S/C4H9ClGe/c1-6(2)4-3-5/h3-4,6H,1-2H3. The molecule has 0 aliphatic heterocycles. The van der Waals surface area contributed by atoms with Crippen molar-refractivity contribution in [2.75, 3.05) is 0 Å². The molecule has 0 aliphatic carbocycles. The second kappa shape index (κ2) is 3.75. The van der Waals surface area contributed by atoms with E-state index in [9.17, 15) is 0 Å². The summed E-state index contributed by atoms with van der Waals surface area (Å²) in [7, 11) is 0. The Morgan fingerprint density at radius 3 is 2.00 bits per heavy atom. The van der Waals surface area contributed by atoms with E-state index in [4.69, 9.17) is 11.6 Å². The van der Waals surface area contributed by atoms with Gasteiger partial charge in [-0.2, -0.15) is 0 Å². The molecule has 6 heavy (non-hydrogen) atoms. The van der Waals surface area contributed by atoms with Crippen molar-refractivity contribution in [2.24, 2.45) is 0 Å². The van der Waals surface area contributed by atoms with Gasteiger partial charge in [-0.05, 0) is 0 Å². The van der Waals surface area contributed by atoms with Gasteiger partial charge in [0.05, 0.1) is 0 Å². The molecule has 2 heteroatoms. The van der Waals surface area contributed by atoms with Gasteiger partial charge in [-0.3, -0.25) is 0 Å². The van der Waals surface area contributed by atoms with E-state index in [-0.39, 0.29) is 0 Å². The SMILES string of the molecule is [CH3][GeH]([CH3])[CH]=CCl. The molecule has 0 aliphatic rings. The van der Waals surface area contributed by atoms with E-state index < -0.39 is 14.3 Å². The summed E-state index contributed by atoms with van der Waals surface area (Å²) in [4.78, 5) is 2.12. The van der Waals surface area contributed by atoms with Crippen LogP contribution in [0.4, 0.5) is 0 Å². The predicted molar refractivity (Wildman–Crippen MR) is 33.9 cm³/mol. The number of rotatable bonds is 1. The third kappa shape index (κ3) is 4.57. The van der Waals surface area contributed by atoms with Crippen LogP contribution in [0.3, 0.4) is 0 Å². The van der Waals surface area contributed by atoms with Crippen LogP contribution in [0.25, 0.3) is 0 Å². The summed E-state index contributed by atoms with van der Waals surface area (Å²) >= 11 is 4.41. The molecule has 0 radical (unpaired) electrons. The molecule has 0 rings (SSSR count). The Morgan fingerprint density at radius 1 is 1.50 bits per heavy atom. The Labute approximate surface area is 48.3 Å². The van der Waals surface area contributed by atoms with Gasteiger partial charge in [0.25, 0.3) is 0 Å². The number of halogens is 1. The molecule has 0 atom stereocenters. The fourth-order valence-electron chi connectivity index (χ4n) is 0.145. The van der Waals surface area contributed by atoms with E-state index in [2.05, 4.69) is 16.4 Å². The molecule has 0 amide bonds. The fraction of sp³-hybridized carbons (Fsp3) is 0.500. The molecule has 0 N–H and O–H groups in total. The van der Waals surface area contributed by atoms with Crippen molar-refractivity contribution in [3.8, 4) is 0 Å². The molecule has 0 spiro atoms. The van der Waals surface area contributed by atoms with Gasteiger partial charge in [-0.25, -0.2) is 0 Å². The molecule has 0 unspecified atom stereocenters. The minimum atomic E-state index is -0.857. The summed E-state index contributed by atoms with van der Waals surface area (Å²) < 4.78 is 0. The number of hydrogen-bond donors (Lipinski definition) is 0. The zero-order valence-electron chi connectivity index (χ0n) is 4.11. The molecule has 0 aromatic rings. The first-order valence-electron chi connectivity index (χ1n) is 2.04. The Morgan fingerprint density at radius 2 is 2.00 bits per heavy atom. The van der Waals surface area contributed by atoms with Gasteiger partial charge >= 0.3 is 47.9 Å². The molecule has 0 aromatic carbocycles. The molecular weight excluding hydrogens is 156 g/mol. The summed E-state index contributed by atoms with van der Waals surface area (Å²) in [5.41, 5.74) is 1.63. The summed E-state index contributed by atoms with van der Waals surface area (Å²) in [6.07, 6.45) is 0. The summed E-state index contributed by atoms with van der Waals surface area (Å²) in [6, 6.07) is 0. The quantitative estimate of drug-likeness (QED) is 0.519. The van der Waals surface area contributed by atoms with Crippen molar-refractivity contribution in [3.05, 3.63) is 10.4 Å². The van der Waals surface area contributed by atoms with Crippen molar-refractivity contribution in [1.82, 2.24) is 0 Å². The molecular formula is C4H9ClGe. The Balaban J connectivity index is 3.03. The monoisotopic (exact) mass is 166 g/mol. The molecule has 0 heterocycles. The second-order valence-corrected chi connectivity index (χ2v) is 7.84. The zero-order valence-corrected chi connectivity index (χ0v) is 7.29. The minimum absolute atomic E-state index is 0.857. The van der Waals surface area contributed by atoms with Crippen molar-refractivity contribution in [3.63, 3.8) is 0 Å². The van der Waals surface area contributed by atoms with Crippen LogP contribution in [0.1, 0.15) is 0 Å². The maximum atomic E-state index is 5.26. The molecule has 0 saturated heterocycles. The van der Waals surface area contributed by atoms with Crippen LogP contribution >= 0.6 is 11.6 Å². The van der Waals surface area contributed by atoms with Crippen molar-refractivity contribution in [1.29, 1.82) is 0 Å². The first kappa shape index (κ1) is 6.57. The van der Waals surface area contributed by atoms with E-state index in [0.717, 1.165) is 0 Å². The average Bonchev–Trinajstić information content (AvgIpc) is 1.35. The van der Waals surface area contributed by atoms with E-state index in [1.54, 1.807) is 5.54 Å². The van der Waals surface area contributed by atoms with E-state index >= 15 is 0 Å². The van der Waals surface area contributed by atoms with Crippen LogP contribution in [0.15, 0.2) is 10.4 Å². The Kier molecular flexibility index (Phi) is 4.11. The Bertz CT molecular complexity index is 49.5. The first-order valence-corrected chi connectivity index (χ1v) is 8.72. The van der Waals surface area contributed by atoms with Crippen LogP contribution in [0.5, 0.6) is 0 Å². The van der Waals surface area contributed by atoms with Crippen LogP contribution in [-0.4, -0.2) is 14.3 Å². The number of hydrogen-bond acceptors (Lipinski definition) is 0. The van der Waals surface area contributed by atoms with Crippen LogP contribution < -0.4 is 0 Å². The first-order chi connectivity index (χ1) is 2.77. The average molecular weight is 165 g/mol. The molecule has 0 saturated carbocycles. The normalized spacial score (nSPS) is 11.3. The van der Waals surface area contributed by atoms with E-state index in [0.29, 0.717) is 0 Å². The maximum absolute atomic E-state index is 5.26. The van der Waals surface area contributed by atoms with Gasteiger partial charge in [0.1, 0.15) is 0 Å². The summed E-state index contributed by atoms with van der Waals surface area (Å²) in [6.45, 7) is 0. The fourth-order valence-corrected chi connectivity index (χ4v) is 2.27. The molecule has 0 bridgehead atoms. The van der Waals surface area contributed by atoms with Gasteiger partial charge in [-0.15, -0.1) is 0 Å². The Hall–Kier alpha value is 0.573. The summed E-state index contributed by atoms with van der Waals surface area (Å²) in [5.74, 6) is 4.54. The van der Waals surface area contributed by atoms with Crippen molar-refractivity contribution >= 4 is 25.9 Å². The second-order valence-electron chi connectivity index (χ2n) is 1.56. The van der Waals surface area contributed by atoms with Gasteiger partial charge in [0, 0.05) is 0 Å². The third-order valence-corrected chi connectivity index (χ3v) is 3.13. The topological polar surface area (TPSA) is 0 Å². The van der Waals surface area contributed by atoms with Crippen LogP contribution in [0.2, 0.25) is 11.5 Å². The summed E-state index contributed by atoms with van der Waals surface area (Å²) in [5, 5.41) is 0. The molecule has 36 valence electrons. The predicted octanol–water partition coefficient (Wildman–Crippen LogP) is 1.76. The van der Waals surface area contributed by atoms with Crippen molar-refractivity contribution < 1.29 is 0 Å². The van der Waals surface area contributed by atoms with Gasteiger partial charge in [-0.1, -0.05) is 0 Å². The van der Waals surface area contributed by atoms with Crippen molar-refractivity contribution in [2.45, 2.75) is 11.5 Å². The van der Waals surface area contributed by atoms with Crippen LogP contribution in [-0.2, 0) is 0 Å². The van der Waals surface area contributed by atoms with Crippen LogP contribution in [0, 0.1) is 0 Å². The molecule has 0 fully saturated rings. The zero-order chi connectivity index (χ0) is 4.99. The van der Waals surface area contributed by atoms with E-state index in [1.807, 2.05) is 0 Å². The van der Waals surface area contributed by atoms with Gasteiger partial charge in [0.2, 0.25) is 0 Å². The molecule has 0 nitrogen and oxygen atoms in total. The van der Waals surface area contributed by atoms with Gasteiger partial charge < -0.3 is 0 Å². The molecule has 0 aromatic heterocycles. The van der Waals surface area contributed by atoms with Gasteiger partial charge in [0.15, 0.2) is 0 Å². The van der Waals surface area contributed by atoms with E-state index in [1.165, 1.54) is 0 Å². The third-order valence-electron chi connectivity index (χ3n) is 0.458.